The van der Waals surface area contributed by atoms with Crippen LogP contribution in [-0.4, -0.2) is 16.0 Å². The van der Waals surface area contributed by atoms with E-state index in [9.17, 15) is 14.3 Å². The maximum atomic E-state index is 13.6. The lowest BCUT2D eigenvalue weighted by Crippen LogP contribution is -2.17. The number of aliphatic hydroxyl groups is 1. The van der Waals surface area contributed by atoms with Gasteiger partial charge < -0.3 is 10.4 Å². The lowest BCUT2D eigenvalue weighted by molar-refractivity contribution is 0.102. The van der Waals surface area contributed by atoms with Crippen LogP contribution in [-0.2, 0) is 6.61 Å². The average molecular weight is 364 g/mol. The fourth-order valence-electron chi connectivity index (χ4n) is 2.96. The molecule has 1 aromatic heterocycles. The molecule has 0 aliphatic rings. The van der Waals surface area contributed by atoms with Gasteiger partial charge in [-0.1, -0.05) is 24.3 Å². The lowest BCUT2D eigenvalue weighted by atomic mass is 10.1. The average Bonchev–Trinajstić information content (AvgIpc) is 2.65. The van der Waals surface area contributed by atoms with Crippen molar-refractivity contribution in [1.82, 2.24) is 4.98 Å². The van der Waals surface area contributed by atoms with Crippen LogP contribution in [0.25, 0.3) is 11.3 Å². The minimum atomic E-state index is -0.471. The van der Waals surface area contributed by atoms with Crippen molar-refractivity contribution >= 4 is 11.6 Å². The Kier molecular flexibility index (Phi) is 5.33. The van der Waals surface area contributed by atoms with E-state index in [2.05, 4.69) is 10.3 Å². The Bertz CT molecular complexity index is 995. The molecular weight excluding hydrogens is 343 g/mol. The molecule has 1 heterocycles. The highest BCUT2D eigenvalue weighted by atomic mass is 19.1. The van der Waals surface area contributed by atoms with Crippen molar-refractivity contribution in [2.75, 3.05) is 5.32 Å². The number of hydrogen-bond acceptors (Lipinski definition) is 3. The van der Waals surface area contributed by atoms with Crippen molar-refractivity contribution in [2.45, 2.75) is 27.4 Å². The number of aliphatic hydroxyl groups excluding tert-OH is 1. The molecule has 0 saturated heterocycles. The van der Waals surface area contributed by atoms with Gasteiger partial charge in [-0.3, -0.25) is 4.79 Å². The summed E-state index contributed by atoms with van der Waals surface area (Å²) in [4.78, 5) is 17.3. The van der Waals surface area contributed by atoms with Gasteiger partial charge in [-0.25, -0.2) is 9.37 Å². The lowest BCUT2D eigenvalue weighted by Gasteiger charge is -2.13. The highest BCUT2D eigenvalue weighted by molar-refractivity contribution is 6.05. The zero-order valence-electron chi connectivity index (χ0n) is 15.5. The quantitative estimate of drug-likeness (QED) is 0.713. The van der Waals surface area contributed by atoms with E-state index < -0.39 is 12.4 Å². The van der Waals surface area contributed by atoms with E-state index in [1.807, 2.05) is 45.0 Å². The van der Waals surface area contributed by atoms with Crippen LogP contribution in [0.4, 0.5) is 10.1 Å². The minimum absolute atomic E-state index is 0.191. The largest absolute Gasteiger partial charge is 0.392 e. The number of nitrogens with one attached hydrogen (secondary N) is 1. The highest BCUT2D eigenvalue weighted by Crippen LogP contribution is 2.24. The van der Waals surface area contributed by atoms with Gasteiger partial charge in [-0.15, -0.1) is 0 Å². The summed E-state index contributed by atoms with van der Waals surface area (Å²) >= 11 is 0. The Morgan fingerprint density at radius 3 is 2.41 bits per heavy atom. The molecule has 1 amide bonds. The zero-order chi connectivity index (χ0) is 19.6. The van der Waals surface area contributed by atoms with E-state index in [1.54, 1.807) is 18.2 Å². The molecule has 0 saturated carbocycles. The molecule has 0 spiro atoms. The molecule has 2 aromatic carbocycles. The molecule has 0 bridgehead atoms. The molecule has 27 heavy (non-hydrogen) atoms. The predicted octanol–water partition coefficient (Wildman–Crippen LogP) is 4.56. The van der Waals surface area contributed by atoms with Crippen molar-refractivity contribution in [3.63, 3.8) is 0 Å². The normalized spacial score (nSPS) is 10.7. The van der Waals surface area contributed by atoms with E-state index in [1.165, 1.54) is 6.07 Å². The molecule has 5 heteroatoms. The van der Waals surface area contributed by atoms with E-state index in [0.29, 0.717) is 17.0 Å². The fraction of sp³-hybridized carbons (Fsp3) is 0.182. The number of amides is 1. The van der Waals surface area contributed by atoms with Crippen molar-refractivity contribution < 1.29 is 14.3 Å². The molecule has 0 radical (unpaired) electrons. The number of nitrogens with zero attached hydrogens (tertiary/aromatic N) is 1. The first-order valence-electron chi connectivity index (χ1n) is 8.65. The topological polar surface area (TPSA) is 62.2 Å². The molecule has 0 atom stereocenters. The molecular formula is C22H21FN2O2. The van der Waals surface area contributed by atoms with Crippen LogP contribution >= 0.6 is 0 Å². The van der Waals surface area contributed by atoms with Gasteiger partial charge in [0, 0.05) is 16.8 Å². The molecule has 3 rings (SSSR count). The molecule has 0 aliphatic heterocycles. The summed E-state index contributed by atoms with van der Waals surface area (Å²) in [6.45, 7) is 5.30. The van der Waals surface area contributed by atoms with E-state index in [-0.39, 0.29) is 11.5 Å². The third-order valence-corrected chi connectivity index (χ3v) is 4.54. The summed E-state index contributed by atoms with van der Waals surface area (Å²) in [5.74, 6) is -0.766. The summed E-state index contributed by atoms with van der Waals surface area (Å²) in [6, 6.07) is 13.8. The minimum Gasteiger partial charge on any atom is -0.392 e. The number of hydrogen-bond donors (Lipinski definition) is 2. The van der Waals surface area contributed by atoms with Crippen LogP contribution in [0.5, 0.6) is 0 Å². The number of benzene rings is 2. The number of halogens is 1. The summed E-state index contributed by atoms with van der Waals surface area (Å²) in [6.07, 6.45) is 0. The number of para-hydroxylation sites is 1. The number of carbonyl (C=O) groups is 1. The Balaban J connectivity index is 1.97. The third kappa shape index (κ3) is 3.88. The smallest absolute Gasteiger partial charge is 0.274 e. The van der Waals surface area contributed by atoms with Gasteiger partial charge in [0.05, 0.1) is 12.3 Å². The fourth-order valence-corrected chi connectivity index (χ4v) is 2.96. The monoisotopic (exact) mass is 364 g/mol. The van der Waals surface area contributed by atoms with Crippen LogP contribution in [0.1, 0.15) is 32.7 Å². The van der Waals surface area contributed by atoms with Gasteiger partial charge in [-0.2, -0.15) is 0 Å². The zero-order valence-corrected chi connectivity index (χ0v) is 15.5. The van der Waals surface area contributed by atoms with Crippen molar-refractivity contribution in [3.05, 3.63) is 82.3 Å². The predicted molar refractivity (Wildman–Crippen MR) is 104 cm³/mol. The number of aryl methyl sites for hydroxylation is 3. The van der Waals surface area contributed by atoms with E-state index >= 15 is 0 Å². The first kappa shape index (κ1) is 18.7. The Morgan fingerprint density at radius 1 is 1.04 bits per heavy atom. The first-order valence-corrected chi connectivity index (χ1v) is 8.65. The molecule has 138 valence electrons. The molecule has 0 fully saturated rings. The van der Waals surface area contributed by atoms with Gasteiger partial charge in [0.2, 0.25) is 0 Å². The Morgan fingerprint density at radius 2 is 1.74 bits per heavy atom. The van der Waals surface area contributed by atoms with Gasteiger partial charge in [0.1, 0.15) is 11.5 Å². The maximum absolute atomic E-state index is 13.6. The van der Waals surface area contributed by atoms with E-state index in [4.69, 9.17) is 0 Å². The summed E-state index contributed by atoms with van der Waals surface area (Å²) in [5.41, 5.74) is 5.15. The third-order valence-electron chi connectivity index (χ3n) is 4.54. The van der Waals surface area contributed by atoms with Gasteiger partial charge in [0.25, 0.3) is 5.91 Å². The second-order valence-corrected chi connectivity index (χ2v) is 6.55. The van der Waals surface area contributed by atoms with Crippen molar-refractivity contribution in [3.8, 4) is 11.3 Å². The summed E-state index contributed by atoms with van der Waals surface area (Å²) in [7, 11) is 0. The van der Waals surface area contributed by atoms with Crippen LogP contribution in [0.3, 0.4) is 0 Å². The standard InChI is InChI=1S/C22H21FN2O2/c1-13-5-4-6-14(2)20(13)25-22(27)21-15(3)7-10-19(24-21)16-8-9-18(23)17(11-16)12-26/h4-11,26H,12H2,1-3H3,(H,25,27). The molecule has 2 N–H and O–H groups in total. The number of anilines is 1. The first-order chi connectivity index (χ1) is 12.9. The van der Waals surface area contributed by atoms with Crippen LogP contribution in [0, 0.1) is 26.6 Å². The van der Waals surface area contributed by atoms with Crippen molar-refractivity contribution in [2.24, 2.45) is 0 Å². The second kappa shape index (κ2) is 7.68. The van der Waals surface area contributed by atoms with E-state index in [0.717, 1.165) is 22.4 Å². The summed E-state index contributed by atoms with van der Waals surface area (Å²) in [5, 5.41) is 12.2. The highest BCUT2D eigenvalue weighted by Gasteiger charge is 2.15. The molecule has 0 aliphatic carbocycles. The van der Waals surface area contributed by atoms with Gasteiger partial charge >= 0.3 is 0 Å². The Hall–Kier alpha value is -3.05. The molecule has 4 nitrogen and oxygen atoms in total. The molecule has 3 aromatic rings. The molecule has 0 unspecified atom stereocenters. The maximum Gasteiger partial charge on any atom is 0.274 e. The van der Waals surface area contributed by atoms with Crippen LogP contribution < -0.4 is 5.32 Å². The number of rotatable bonds is 4. The SMILES string of the molecule is Cc1ccc(-c2ccc(F)c(CO)c2)nc1C(=O)Nc1c(C)cccc1C. The van der Waals surface area contributed by atoms with Crippen LogP contribution in [0.15, 0.2) is 48.5 Å². The van der Waals surface area contributed by atoms with Gasteiger partial charge in [-0.05, 0) is 61.7 Å². The number of pyridine rings is 1. The number of aromatic nitrogens is 1. The van der Waals surface area contributed by atoms with Crippen molar-refractivity contribution in [1.29, 1.82) is 0 Å². The number of carbonyl (C=O) groups excluding carboxylic acids is 1. The van der Waals surface area contributed by atoms with Gasteiger partial charge in [0.15, 0.2) is 0 Å². The van der Waals surface area contributed by atoms with Crippen LogP contribution in [0.2, 0.25) is 0 Å². The summed E-state index contributed by atoms with van der Waals surface area (Å²) < 4.78 is 13.6. The Labute approximate surface area is 157 Å². The second-order valence-electron chi connectivity index (χ2n) is 6.55.